The number of aromatic nitrogens is 1. The van der Waals surface area contributed by atoms with Gasteiger partial charge in [0.15, 0.2) is 0 Å². The van der Waals surface area contributed by atoms with Gasteiger partial charge in [-0.3, -0.25) is 9.78 Å². The molecule has 28 heavy (non-hydrogen) atoms. The summed E-state index contributed by atoms with van der Waals surface area (Å²) in [6.07, 6.45) is 21.2. The summed E-state index contributed by atoms with van der Waals surface area (Å²) >= 11 is 0. The van der Waals surface area contributed by atoms with E-state index >= 15 is 0 Å². The molecule has 1 rings (SSSR count). The van der Waals surface area contributed by atoms with Crippen LogP contribution < -0.4 is 0 Å². The first-order valence-corrected chi connectivity index (χ1v) is 11.1. The number of unbranched alkanes of at least 4 members (excludes halogenated alkanes) is 8. The smallest absolute Gasteiger partial charge is 0.306 e. The number of aliphatic hydroxyl groups is 1. The van der Waals surface area contributed by atoms with Gasteiger partial charge in [0, 0.05) is 24.4 Å². The molecule has 1 heterocycles. The number of pyridine rings is 1. The van der Waals surface area contributed by atoms with Gasteiger partial charge in [-0.15, -0.1) is 0 Å². The maximum absolute atomic E-state index is 11.7. The zero-order chi connectivity index (χ0) is 20.3. The van der Waals surface area contributed by atoms with Gasteiger partial charge in [0.25, 0.3) is 0 Å². The third-order valence-electron chi connectivity index (χ3n) is 4.84. The van der Waals surface area contributed by atoms with E-state index in [0.29, 0.717) is 13.0 Å². The van der Waals surface area contributed by atoms with Crippen molar-refractivity contribution >= 4 is 5.97 Å². The maximum Gasteiger partial charge on any atom is 0.306 e. The lowest BCUT2D eigenvalue weighted by molar-refractivity contribution is -0.145. The third-order valence-corrected chi connectivity index (χ3v) is 4.84. The number of hydrogen-bond acceptors (Lipinski definition) is 4. The summed E-state index contributed by atoms with van der Waals surface area (Å²) in [5.41, 5.74) is 0.924. The van der Waals surface area contributed by atoms with Crippen molar-refractivity contribution in [1.82, 2.24) is 4.98 Å². The minimum absolute atomic E-state index is 0.125. The highest BCUT2D eigenvalue weighted by Gasteiger charge is 2.03. The van der Waals surface area contributed by atoms with Gasteiger partial charge in [-0.2, -0.15) is 0 Å². The van der Waals surface area contributed by atoms with Crippen LogP contribution in [-0.4, -0.2) is 22.2 Å². The third kappa shape index (κ3) is 14.4. The molecule has 0 fully saturated rings. The number of allylic oxidation sites excluding steroid dienone is 1. The highest BCUT2D eigenvalue weighted by Crippen LogP contribution is 2.11. The molecule has 4 heteroatoms. The van der Waals surface area contributed by atoms with Crippen LogP contribution in [0.25, 0.3) is 0 Å². The summed E-state index contributed by atoms with van der Waals surface area (Å²) in [5.74, 6) is -0.125. The molecule has 1 aromatic rings. The van der Waals surface area contributed by atoms with Crippen LogP contribution >= 0.6 is 0 Å². The Morgan fingerprint density at radius 3 is 2.68 bits per heavy atom. The highest BCUT2D eigenvalue weighted by atomic mass is 16.5. The summed E-state index contributed by atoms with van der Waals surface area (Å²) in [5, 5.41) is 9.90. The molecule has 0 bridgehead atoms. The Balaban J connectivity index is 1.87. The molecule has 0 saturated heterocycles. The molecule has 0 aliphatic rings. The molecule has 1 aromatic heterocycles. The van der Waals surface area contributed by atoms with Crippen molar-refractivity contribution in [3.63, 3.8) is 0 Å². The van der Waals surface area contributed by atoms with Crippen molar-refractivity contribution in [1.29, 1.82) is 0 Å². The van der Waals surface area contributed by atoms with Crippen molar-refractivity contribution in [2.24, 2.45) is 0 Å². The summed E-state index contributed by atoms with van der Waals surface area (Å²) in [6.45, 7) is 2.52. The molecule has 0 saturated carbocycles. The fourth-order valence-corrected chi connectivity index (χ4v) is 3.08. The lowest BCUT2D eigenvalue weighted by atomic mass is 10.1. The average Bonchev–Trinajstić information content (AvgIpc) is 2.72. The van der Waals surface area contributed by atoms with Gasteiger partial charge in [-0.05, 0) is 38.2 Å². The first kappa shape index (κ1) is 24.4. The van der Waals surface area contributed by atoms with E-state index in [-0.39, 0.29) is 12.1 Å². The van der Waals surface area contributed by atoms with E-state index in [2.05, 4.69) is 24.1 Å². The van der Waals surface area contributed by atoms with Crippen LogP contribution in [0.5, 0.6) is 0 Å². The second kappa shape index (κ2) is 17.4. The number of rotatable bonds is 17. The number of hydrogen-bond donors (Lipinski definition) is 1. The van der Waals surface area contributed by atoms with Gasteiger partial charge in [-0.1, -0.05) is 70.1 Å². The second-order valence-electron chi connectivity index (χ2n) is 7.54. The Labute approximate surface area is 171 Å². The number of aliphatic hydroxyl groups excluding tert-OH is 1. The molecular weight excluding hydrogens is 350 g/mol. The minimum atomic E-state index is -0.175. The Kier molecular flexibility index (Phi) is 15.2. The first-order valence-electron chi connectivity index (χ1n) is 11.1. The quantitative estimate of drug-likeness (QED) is 0.198. The molecule has 0 aliphatic heterocycles. The Bertz CT molecular complexity index is 516. The van der Waals surface area contributed by atoms with Crippen LogP contribution in [0.15, 0.2) is 36.7 Å². The van der Waals surface area contributed by atoms with Gasteiger partial charge in [0.2, 0.25) is 0 Å². The van der Waals surface area contributed by atoms with Gasteiger partial charge in [-0.25, -0.2) is 0 Å². The SMILES string of the molecule is CCCCCCC(O)C/C=C\CCCCCCCC(=O)OCc1cccnc1. The standard InChI is InChI=1S/C24H39NO3/c1-2-3-4-11-16-23(26)17-12-9-7-5-6-8-10-13-18-24(27)28-21-22-15-14-19-25-20-22/h9,12,14-15,19-20,23,26H,2-8,10-11,13,16-18,21H2,1H3/b12-9-. The summed E-state index contributed by atoms with van der Waals surface area (Å²) in [7, 11) is 0. The fourth-order valence-electron chi connectivity index (χ4n) is 3.08. The lowest BCUT2D eigenvalue weighted by Gasteiger charge is -2.07. The van der Waals surface area contributed by atoms with E-state index in [1.165, 1.54) is 32.1 Å². The molecule has 158 valence electrons. The summed E-state index contributed by atoms with van der Waals surface area (Å²) in [6, 6.07) is 3.75. The molecule has 0 radical (unpaired) electrons. The van der Waals surface area contributed by atoms with E-state index in [4.69, 9.17) is 4.74 Å². The molecular formula is C24H39NO3. The topological polar surface area (TPSA) is 59.4 Å². The number of carbonyl (C=O) groups excluding carboxylic acids is 1. The maximum atomic E-state index is 11.7. The van der Waals surface area contributed by atoms with Gasteiger partial charge < -0.3 is 9.84 Å². The zero-order valence-corrected chi connectivity index (χ0v) is 17.7. The number of carbonyl (C=O) groups is 1. The molecule has 0 aliphatic carbocycles. The second-order valence-corrected chi connectivity index (χ2v) is 7.54. The lowest BCUT2D eigenvalue weighted by Crippen LogP contribution is -2.04. The van der Waals surface area contributed by atoms with Gasteiger partial charge in [0.1, 0.15) is 6.61 Å². The molecule has 0 aromatic carbocycles. The molecule has 0 amide bonds. The normalized spacial score (nSPS) is 12.4. The van der Waals surface area contributed by atoms with Crippen LogP contribution in [0.3, 0.4) is 0 Å². The van der Waals surface area contributed by atoms with Crippen LogP contribution in [0.4, 0.5) is 0 Å². The molecule has 0 spiro atoms. The summed E-state index contributed by atoms with van der Waals surface area (Å²) in [4.78, 5) is 15.7. The van der Waals surface area contributed by atoms with Crippen LogP contribution in [-0.2, 0) is 16.1 Å². The number of esters is 1. The molecule has 1 N–H and O–H groups in total. The highest BCUT2D eigenvalue weighted by molar-refractivity contribution is 5.69. The predicted molar refractivity (Wildman–Crippen MR) is 115 cm³/mol. The monoisotopic (exact) mass is 389 g/mol. The zero-order valence-electron chi connectivity index (χ0n) is 17.7. The largest absolute Gasteiger partial charge is 0.461 e. The van der Waals surface area contributed by atoms with Crippen molar-refractivity contribution in [3.8, 4) is 0 Å². The molecule has 1 unspecified atom stereocenters. The Morgan fingerprint density at radius 2 is 1.89 bits per heavy atom. The van der Waals surface area contributed by atoms with Gasteiger partial charge in [0.05, 0.1) is 6.10 Å². The average molecular weight is 390 g/mol. The predicted octanol–water partition coefficient (Wildman–Crippen LogP) is 6.13. The van der Waals surface area contributed by atoms with Crippen LogP contribution in [0, 0.1) is 0 Å². The van der Waals surface area contributed by atoms with Gasteiger partial charge >= 0.3 is 5.97 Å². The van der Waals surface area contributed by atoms with Crippen LogP contribution in [0.2, 0.25) is 0 Å². The van der Waals surface area contributed by atoms with Crippen molar-refractivity contribution < 1.29 is 14.6 Å². The first-order chi connectivity index (χ1) is 13.7. The number of nitrogens with zero attached hydrogens (tertiary/aromatic N) is 1. The molecule has 4 nitrogen and oxygen atoms in total. The Hall–Kier alpha value is -1.68. The van der Waals surface area contributed by atoms with Crippen molar-refractivity contribution in [2.45, 2.75) is 103 Å². The molecule has 1 atom stereocenters. The van der Waals surface area contributed by atoms with Crippen LogP contribution in [0.1, 0.15) is 96.0 Å². The number of ether oxygens (including phenoxy) is 1. The van der Waals surface area contributed by atoms with E-state index in [9.17, 15) is 9.90 Å². The summed E-state index contributed by atoms with van der Waals surface area (Å²) < 4.78 is 5.25. The minimum Gasteiger partial charge on any atom is -0.461 e. The van der Waals surface area contributed by atoms with Crippen molar-refractivity contribution in [2.75, 3.05) is 0 Å². The van der Waals surface area contributed by atoms with E-state index in [1.807, 2.05) is 12.1 Å². The van der Waals surface area contributed by atoms with Crippen molar-refractivity contribution in [3.05, 3.63) is 42.2 Å². The Morgan fingerprint density at radius 1 is 1.11 bits per heavy atom. The van der Waals surface area contributed by atoms with E-state index in [0.717, 1.165) is 50.5 Å². The van der Waals surface area contributed by atoms with E-state index in [1.54, 1.807) is 12.4 Å². The van der Waals surface area contributed by atoms with E-state index < -0.39 is 0 Å². The fraction of sp³-hybridized carbons (Fsp3) is 0.667.